The Hall–Kier alpha value is -3.29. The number of anilines is 2. The predicted molar refractivity (Wildman–Crippen MR) is 113 cm³/mol. The average Bonchev–Trinajstić information content (AvgIpc) is 3.13. The Morgan fingerprint density at radius 1 is 1.10 bits per heavy atom. The summed E-state index contributed by atoms with van der Waals surface area (Å²) in [5.74, 6) is -1.09. The minimum Gasteiger partial charge on any atom is -0.493 e. The Labute approximate surface area is 175 Å². The van der Waals surface area contributed by atoms with Gasteiger partial charge in [0.1, 0.15) is 16.9 Å². The van der Waals surface area contributed by atoms with E-state index in [1.165, 1.54) is 25.3 Å². The average molecular weight is 416 g/mol. The summed E-state index contributed by atoms with van der Waals surface area (Å²) in [5.41, 5.74) is -0.347. The van der Waals surface area contributed by atoms with E-state index in [1.54, 1.807) is 32.9 Å². The third-order valence-corrected chi connectivity index (χ3v) is 3.81. The van der Waals surface area contributed by atoms with Gasteiger partial charge < -0.3 is 19.2 Å². The number of nitrogens with one attached hydrogen (secondary N) is 2. The molecule has 0 radical (unpaired) electrons. The van der Waals surface area contributed by atoms with Gasteiger partial charge in [0.2, 0.25) is 5.91 Å². The van der Waals surface area contributed by atoms with Crippen molar-refractivity contribution in [2.24, 2.45) is 0 Å². The van der Waals surface area contributed by atoms with Crippen LogP contribution in [0.4, 0.5) is 11.6 Å². The molecule has 0 saturated heterocycles. The highest BCUT2D eigenvalue weighted by Gasteiger charge is 2.25. The number of carbonyl (C=O) groups excluding carboxylic acids is 3. The van der Waals surface area contributed by atoms with E-state index in [0.29, 0.717) is 6.61 Å². The number of unbranched alkanes of at least 4 members (excludes halogenated alkanes) is 1. The van der Waals surface area contributed by atoms with Crippen molar-refractivity contribution in [3.8, 4) is 5.75 Å². The third kappa shape index (κ3) is 6.65. The van der Waals surface area contributed by atoms with Crippen LogP contribution >= 0.6 is 0 Å². The molecule has 2 amide bonds. The topological polar surface area (TPSA) is 107 Å². The second-order valence-corrected chi connectivity index (χ2v) is 7.71. The molecule has 0 aliphatic heterocycles. The normalized spacial score (nSPS) is 11.0. The van der Waals surface area contributed by atoms with Crippen LogP contribution in [0.1, 0.15) is 68.2 Å². The number of carbonyl (C=O) groups is 3. The molecule has 2 aromatic rings. The van der Waals surface area contributed by atoms with Crippen molar-refractivity contribution in [1.82, 2.24) is 0 Å². The van der Waals surface area contributed by atoms with E-state index in [2.05, 4.69) is 10.6 Å². The Morgan fingerprint density at radius 3 is 2.40 bits per heavy atom. The molecule has 2 rings (SSSR count). The van der Waals surface area contributed by atoms with Gasteiger partial charge in [0.25, 0.3) is 5.91 Å². The van der Waals surface area contributed by atoms with E-state index in [-0.39, 0.29) is 34.4 Å². The van der Waals surface area contributed by atoms with Crippen LogP contribution in [0.5, 0.6) is 5.75 Å². The number of benzene rings is 1. The summed E-state index contributed by atoms with van der Waals surface area (Å²) in [5, 5.41) is 5.20. The number of amides is 2. The van der Waals surface area contributed by atoms with E-state index < -0.39 is 17.5 Å². The minimum absolute atomic E-state index is 0.0744. The second kappa shape index (κ2) is 9.96. The minimum atomic E-state index is -0.731. The molecule has 0 saturated carbocycles. The maximum Gasteiger partial charge on any atom is 0.342 e. The SMILES string of the molecule is CCCCOc1cc(NC(C)=O)c(C(=O)Nc2ccco2)cc1C(=O)OC(C)(C)C. The molecule has 0 bridgehead atoms. The van der Waals surface area contributed by atoms with Gasteiger partial charge in [0.15, 0.2) is 5.88 Å². The highest BCUT2D eigenvalue weighted by atomic mass is 16.6. The van der Waals surface area contributed by atoms with Crippen molar-refractivity contribution in [2.45, 2.75) is 53.1 Å². The lowest BCUT2D eigenvalue weighted by Gasteiger charge is -2.22. The zero-order valence-electron chi connectivity index (χ0n) is 18.0. The van der Waals surface area contributed by atoms with Gasteiger partial charge in [-0.05, 0) is 39.3 Å². The number of hydrogen-bond acceptors (Lipinski definition) is 6. The van der Waals surface area contributed by atoms with Gasteiger partial charge in [0, 0.05) is 19.1 Å². The van der Waals surface area contributed by atoms with Crippen molar-refractivity contribution in [2.75, 3.05) is 17.2 Å². The molecule has 8 nitrogen and oxygen atoms in total. The molecule has 0 fully saturated rings. The third-order valence-electron chi connectivity index (χ3n) is 3.81. The lowest BCUT2D eigenvalue weighted by atomic mass is 10.1. The Kier molecular flexibility index (Phi) is 7.63. The number of hydrogen-bond donors (Lipinski definition) is 2. The van der Waals surface area contributed by atoms with Crippen LogP contribution in [0, 0.1) is 0 Å². The summed E-state index contributed by atoms with van der Waals surface area (Å²) in [4.78, 5) is 37.3. The summed E-state index contributed by atoms with van der Waals surface area (Å²) in [6.07, 6.45) is 3.11. The summed E-state index contributed by atoms with van der Waals surface area (Å²) in [7, 11) is 0. The summed E-state index contributed by atoms with van der Waals surface area (Å²) in [6.45, 7) is 8.97. The van der Waals surface area contributed by atoms with E-state index in [1.807, 2.05) is 6.92 Å². The molecule has 0 spiro atoms. The molecule has 1 heterocycles. The van der Waals surface area contributed by atoms with Crippen molar-refractivity contribution in [1.29, 1.82) is 0 Å². The highest BCUT2D eigenvalue weighted by Crippen LogP contribution is 2.30. The Morgan fingerprint density at radius 2 is 1.83 bits per heavy atom. The van der Waals surface area contributed by atoms with Gasteiger partial charge in [-0.2, -0.15) is 0 Å². The molecule has 8 heteroatoms. The van der Waals surface area contributed by atoms with E-state index in [9.17, 15) is 14.4 Å². The Bertz CT molecular complexity index is 897. The van der Waals surface area contributed by atoms with Crippen molar-refractivity contribution in [3.05, 3.63) is 41.7 Å². The maximum atomic E-state index is 12.8. The van der Waals surface area contributed by atoms with E-state index >= 15 is 0 Å². The highest BCUT2D eigenvalue weighted by molar-refractivity contribution is 6.11. The van der Waals surface area contributed by atoms with Crippen LogP contribution in [0.15, 0.2) is 34.9 Å². The molecular weight excluding hydrogens is 388 g/mol. The summed E-state index contributed by atoms with van der Waals surface area (Å²) in [6, 6.07) is 6.03. The first kappa shape index (κ1) is 23.0. The van der Waals surface area contributed by atoms with Crippen LogP contribution in [-0.2, 0) is 9.53 Å². The van der Waals surface area contributed by atoms with Gasteiger partial charge >= 0.3 is 5.97 Å². The number of furan rings is 1. The number of rotatable bonds is 8. The summed E-state index contributed by atoms with van der Waals surface area (Å²) >= 11 is 0. The van der Waals surface area contributed by atoms with Crippen LogP contribution in [0.3, 0.4) is 0 Å². The molecule has 162 valence electrons. The molecule has 2 N–H and O–H groups in total. The molecule has 1 aromatic heterocycles. The molecule has 0 atom stereocenters. The predicted octanol–water partition coefficient (Wildman–Crippen LogP) is 4.62. The standard InChI is InChI=1S/C22H28N2O6/c1-6-7-10-28-18-13-17(23-14(2)25)15(20(26)24-19-9-8-11-29-19)12-16(18)21(27)30-22(3,4)5/h8-9,11-13H,6-7,10H2,1-5H3,(H,23,25)(H,24,26). The van der Waals surface area contributed by atoms with Gasteiger partial charge in [0.05, 0.1) is 24.1 Å². The monoisotopic (exact) mass is 416 g/mol. The van der Waals surface area contributed by atoms with Crippen molar-refractivity contribution >= 4 is 29.4 Å². The zero-order chi connectivity index (χ0) is 22.3. The zero-order valence-corrected chi connectivity index (χ0v) is 18.0. The largest absolute Gasteiger partial charge is 0.493 e. The van der Waals surface area contributed by atoms with Crippen molar-refractivity contribution < 1.29 is 28.3 Å². The van der Waals surface area contributed by atoms with E-state index in [4.69, 9.17) is 13.9 Å². The number of esters is 1. The molecular formula is C22H28N2O6. The van der Waals surface area contributed by atoms with Crippen LogP contribution in [-0.4, -0.2) is 30.0 Å². The molecule has 0 unspecified atom stereocenters. The fourth-order valence-corrected chi connectivity index (χ4v) is 2.53. The van der Waals surface area contributed by atoms with E-state index in [0.717, 1.165) is 12.8 Å². The maximum absolute atomic E-state index is 12.8. The smallest absolute Gasteiger partial charge is 0.342 e. The van der Waals surface area contributed by atoms with Crippen LogP contribution in [0.2, 0.25) is 0 Å². The van der Waals surface area contributed by atoms with Gasteiger partial charge in [-0.3, -0.25) is 14.9 Å². The van der Waals surface area contributed by atoms with Crippen molar-refractivity contribution in [3.63, 3.8) is 0 Å². The first-order valence-corrected chi connectivity index (χ1v) is 9.77. The lowest BCUT2D eigenvalue weighted by Crippen LogP contribution is -2.25. The van der Waals surface area contributed by atoms with Gasteiger partial charge in [-0.25, -0.2) is 4.79 Å². The van der Waals surface area contributed by atoms with Crippen LogP contribution < -0.4 is 15.4 Å². The summed E-state index contributed by atoms with van der Waals surface area (Å²) < 4.78 is 16.4. The molecule has 0 aliphatic carbocycles. The quantitative estimate of drug-likeness (QED) is 0.480. The fourth-order valence-electron chi connectivity index (χ4n) is 2.53. The first-order valence-electron chi connectivity index (χ1n) is 9.77. The second-order valence-electron chi connectivity index (χ2n) is 7.71. The Balaban J connectivity index is 2.51. The lowest BCUT2D eigenvalue weighted by molar-refractivity contribution is -0.114. The molecule has 30 heavy (non-hydrogen) atoms. The number of ether oxygens (including phenoxy) is 2. The first-order chi connectivity index (χ1) is 14.1. The fraction of sp³-hybridized carbons (Fsp3) is 0.409. The van der Waals surface area contributed by atoms with Gasteiger partial charge in [-0.15, -0.1) is 0 Å². The van der Waals surface area contributed by atoms with Crippen LogP contribution in [0.25, 0.3) is 0 Å². The molecule has 1 aromatic carbocycles. The van der Waals surface area contributed by atoms with Gasteiger partial charge in [-0.1, -0.05) is 13.3 Å². The molecule has 0 aliphatic rings.